The van der Waals surface area contributed by atoms with E-state index in [2.05, 4.69) is 50.2 Å². The first-order valence-corrected chi connectivity index (χ1v) is 8.44. The van der Waals surface area contributed by atoms with Gasteiger partial charge in [0.05, 0.1) is 0 Å². The highest BCUT2D eigenvalue weighted by Crippen LogP contribution is 2.18. The number of aryl methyl sites for hydroxylation is 2. The molecule has 0 unspecified atom stereocenters. The lowest BCUT2D eigenvalue weighted by molar-refractivity contribution is 0.778. The van der Waals surface area contributed by atoms with Crippen LogP contribution in [0.15, 0.2) is 23.2 Å². The Kier molecular flexibility index (Phi) is 9.02. The monoisotopic (exact) mass is 273 g/mol. The maximum absolute atomic E-state index is 4.64. The molecule has 0 heterocycles. The fourth-order valence-corrected chi connectivity index (χ4v) is 2.41. The van der Waals surface area contributed by atoms with Crippen molar-refractivity contribution < 1.29 is 0 Å². The summed E-state index contributed by atoms with van der Waals surface area (Å²) in [4.78, 5) is 4.64. The van der Waals surface area contributed by atoms with E-state index < -0.39 is 0 Å². The molecule has 0 saturated carbocycles. The van der Waals surface area contributed by atoms with Crippen LogP contribution < -0.4 is 0 Å². The topological polar surface area (TPSA) is 12.4 Å². The molecule has 1 nitrogen and oxygen atoms in total. The quantitative estimate of drug-likeness (QED) is 0.389. The highest BCUT2D eigenvalue weighted by molar-refractivity contribution is 5.84. The molecule has 0 spiro atoms. The van der Waals surface area contributed by atoms with E-state index in [0.717, 1.165) is 6.54 Å². The summed E-state index contributed by atoms with van der Waals surface area (Å²) in [5.74, 6) is 0. The van der Waals surface area contributed by atoms with Crippen molar-refractivity contribution in [1.29, 1.82) is 0 Å². The van der Waals surface area contributed by atoms with Crippen molar-refractivity contribution in [2.75, 3.05) is 6.54 Å². The summed E-state index contributed by atoms with van der Waals surface area (Å²) >= 11 is 0. The Morgan fingerprint density at radius 1 is 0.850 bits per heavy atom. The van der Waals surface area contributed by atoms with Crippen molar-refractivity contribution >= 4 is 6.21 Å². The van der Waals surface area contributed by atoms with E-state index in [9.17, 15) is 0 Å². The zero-order chi connectivity index (χ0) is 14.6. The standard InChI is InChI=1S/C19H31N/c1-4-7-11-17-13-10-14-18(12-8-5-2)19(17)16-20-15-9-6-3/h10,13-14,16H,4-9,11-12,15H2,1-3H3. The van der Waals surface area contributed by atoms with Crippen LogP contribution in [-0.4, -0.2) is 12.8 Å². The van der Waals surface area contributed by atoms with E-state index in [1.54, 1.807) is 0 Å². The van der Waals surface area contributed by atoms with Crippen LogP contribution in [-0.2, 0) is 12.8 Å². The van der Waals surface area contributed by atoms with Crippen molar-refractivity contribution in [3.63, 3.8) is 0 Å². The van der Waals surface area contributed by atoms with Crippen LogP contribution in [0.25, 0.3) is 0 Å². The molecule has 1 heteroatoms. The number of nitrogens with zero attached hydrogens (tertiary/aromatic N) is 1. The Bertz CT molecular complexity index is 367. The first kappa shape index (κ1) is 16.9. The summed E-state index contributed by atoms with van der Waals surface area (Å²) in [6, 6.07) is 6.79. The van der Waals surface area contributed by atoms with Gasteiger partial charge in [-0.15, -0.1) is 0 Å². The number of hydrogen-bond donors (Lipinski definition) is 0. The minimum Gasteiger partial charge on any atom is -0.293 e. The van der Waals surface area contributed by atoms with Crippen molar-refractivity contribution in [2.45, 2.75) is 72.1 Å². The summed E-state index contributed by atoms with van der Waals surface area (Å²) in [5.41, 5.74) is 4.38. The molecule has 0 aliphatic heterocycles. The molecule has 0 atom stereocenters. The largest absolute Gasteiger partial charge is 0.293 e. The van der Waals surface area contributed by atoms with Gasteiger partial charge < -0.3 is 0 Å². The Morgan fingerprint density at radius 3 is 1.90 bits per heavy atom. The average Bonchev–Trinajstić information content (AvgIpc) is 2.48. The van der Waals surface area contributed by atoms with Crippen LogP contribution in [0, 0.1) is 0 Å². The molecule has 0 N–H and O–H groups in total. The zero-order valence-corrected chi connectivity index (χ0v) is 13.6. The van der Waals surface area contributed by atoms with Crippen LogP contribution in [0.5, 0.6) is 0 Å². The number of rotatable bonds is 10. The number of aliphatic imine (C=N–C) groups is 1. The van der Waals surface area contributed by atoms with Gasteiger partial charge in [0.15, 0.2) is 0 Å². The second-order valence-corrected chi connectivity index (χ2v) is 5.59. The van der Waals surface area contributed by atoms with Crippen LogP contribution in [0.4, 0.5) is 0 Å². The molecule has 1 rings (SSSR count). The van der Waals surface area contributed by atoms with E-state index in [1.807, 2.05) is 0 Å². The van der Waals surface area contributed by atoms with E-state index in [0.29, 0.717) is 0 Å². The molecule has 112 valence electrons. The number of unbranched alkanes of at least 4 members (excludes halogenated alkanes) is 3. The minimum atomic E-state index is 0.964. The van der Waals surface area contributed by atoms with Gasteiger partial charge in [0.25, 0.3) is 0 Å². The lowest BCUT2D eigenvalue weighted by atomic mass is 9.95. The molecule has 20 heavy (non-hydrogen) atoms. The molecule has 0 bridgehead atoms. The summed E-state index contributed by atoms with van der Waals surface area (Å²) in [6.45, 7) is 7.70. The fraction of sp³-hybridized carbons (Fsp3) is 0.632. The normalized spacial score (nSPS) is 11.3. The maximum atomic E-state index is 4.64. The SMILES string of the molecule is CCCCN=Cc1c(CCCC)cccc1CCCC. The van der Waals surface area contributed by atoms with Gasteiger partial charge in [0, 0.05) is 12.8 Å². The first-order valence-electron chi connectivity index (χ1n) is 8.44. The summed E-state index contributed by atoms with van der Waals surface area (Å²) in [5, 5.41) is 0. The minimum absolute atomic E-state index is 0.964. The second kappa shape index (κ2) is 10.7. The Labute approximate surface area is 125 Å². The molecule has 0 aliphatic rings. The van der Waals surface area contributed by atoms with E-state index >= 15 is 0 Å². The molecule has 0 saturated heterocycles. The zero-order valence-electron chi connectivity index (χ0n) is 13.6. The van der Waals surface area contributed by atoms with Gasteiger partial charge in [-0.1, -0.05) is 58.2 Å². The number of hydrogen-bond acceptors (Lipinski definition) is 1. The van der Waals surface area contributed by atoms with Crippen LogP contribution in [0.1, 0.15) is 76.0 Å². The van der Waals surface area contributed by atoms with E-state index in [4.69, 9.17) is 0 Å². The lowest BCUT2D eigenvalue weighted by Crippen LogP contribution is -2.01. The van der Waals surface area contributed by atoms with Crippen LogP contribution >= 0.6 is 0 Å². The number of benzene rings is 1. The average molecular weight is 273 g/mol. The lowest BCUT2D eigenvalue weighted by Gasteiger charge is -2.11. The maximum Gasteiger partial charge on any atom is 0.0389 e. The van der Waals surface area contributed by atoms with Gasteiger partial charge in [-0.3, -0.25) is 4.99 Å². The van der Waals surface area contributed by atoms with Gasteiger partial charge in [0.2, 0.25) is 0 Å². The Hall–Kier alpha value is -1.11. The van der Waals surface area contributed by atoms with Crippen molar-refractivity contribution in [3.05, 3.63) is 34.9 Å². The molecule has 0 aliphatic carbocycles. The Balaban J connectivity index is 2.88. The predicted molar refractivity (Wildman–Crippen MR) is 91.0 cm³/mol. The van der Waals surface area contributed by atoms with Crippen molar-refractivity contribution in [2.24, 2.45) is 4.99 Å². The van der Waals surface area contributed by atoms with Gasteiger partial charge in [-0.25, -0.2) is 0 Å². The fourth-order valence-electron chi connectivity index (χ4n) is 2.41. The summed E-state index contributed by atoms with van der Waals surface area (Å²) in [6.07, 6.45) is 12.0. The summed E-state index contributed by atoms with van der Waals surface area (Å²) in [7, 11) is 0. The summed E-state index contributed by atoms with van der Waals surface area (Å²) < 4.78 is 0. The van der Waals surface area contributed by atoms with Crippen LogP contribution in [0.2, 0.25) is 0 Å². The highest BCUT2D eigenvalue weighted by Gasteiger charge is 2.06. The molecule has 1 aromatic carbocycles. The molecule has 0 radical (unpaired) electrons. The molecule has 0 aromatic heterocycles. The predicted octanol–water partition coefficient (Wildman–Crippen LogP) is 5.59. The van der Waals surface area contributed by atoms with Crippen molar-refractivity contribution in [1.82, 2.24) is 0 Å². The first-order chi connectivity index (χ1) is 9.83. The molecule has 0 fully saturated rings. The van der Waals surface area contributed by atoms with Gasteiger partial charge in [-0.05, 0) is 48.8 Å². The van der Waals surface area contributed by atoms with E-state index in [1.165, 1.54) is 68.1 Å². The Morgan fingerprint density at radius 2 is 1.40 bits per heavy atom. The van der Waals surface area contributed by atoms with Gasteiger partial charge in [0.1, 0.15) is 0 Å². The van der Waals surface area contributed by atoms with Crippen molar-refractivity contribution in [3.8, 4) is 0 Å². The molecule has 1 aromatic rings. The third-order valence-corrected chi connectivity index (χ3v) is 3.75. The highest BCUT2D eigenvalue weighted by atomic mass is 14.7. The van der Waals surface area contributed by atoms with Crippen LogP contribution in [0.3, 0.4) is 0 Å². The third-order valence-electron chi connectivity index (χ3n) is 3.75. The van der Waals surface area contributed by atoms with E-state index in [-0.39, 0.29) is 0 Å². The molecule has 0 amide bonds. The van der Waals surface area contributed by atoms with Gasteiger partial charge >= 0.3 is 0 Å². The molecular formula is C19H31N. The smallest absolute Gasteiger partial charge is 0.0389 e. The second-order valence-electron chi connectivity index (χ2n) is 5.59. The third kappa shape index (κ3) is 5.90. The molecular weight excluding hydrogens is 242 g/mol. The van der Waals surface area contributed by atoms with Gasteiger partial charge in [-0.2, -0.15) is 0 Å².